The quantitative estimate of drug-likeness (QED) is 0.723. The first-order chi connectivity index (χ1) is 10.4. The molecule has 0 atom stereocenters. The van der Waals surface area contributed by atoms with Crippen LogP contribution in [0.1, 0.15) is 0 Å². The molecule has 0 aliphatic carbocycles. The Morgan fingerprint density at radius 2 is 1.82 bits per heavy atom. The Bertz CT molecular complexity index is 1040. The lowest BCUT2D eigenvalue weighted by Gasteiger charge is -2.08. The number of halogens is 1. The molecule has 0 radical (unpaired) electrons. The predicted octanol–water partition coefficient (Wildman–Crippen LogP) is 1.53. The molecule has 3 aromatic rings. The maximum atomic E-state index is 14.0. The zero-order valence-electron chi connectivity index (χ0n) is 11.4. The maximum absolute atomic E-state index is 14.0. The second kappa shape index (κ2) is 4.99. The lowest BCUT2D eigenvalue weighted by molar-refractivity contribution is 0.593. The Balaban J connectivity index is 2.47. The van der Waals surface area contributed by atoms with Crippen molar-refractivity contribution < 1.29 is 12.8 Å². The van der Waals surface area contributed by atoms with E-state index in [2.05, 4.69) is 15.0 Å². The average Bonchev–Trinajstić information content (AvgIpc) is 2.45. The number of aromatic nitrogens is 3. The molecule has 0 bridgehead atoms. The fraction of sp³-hybridized carbons (Fsp3) is 0.0714. The molecule has 0 unspecified atom stereocenters. The molecule has 0 saturated heterocycles. The highest BCUT2D eigenvalue weighted by Crippen LogP contribution is 2.27. The summed E-state index contributed by atoms with van der Waals surface area (Å²) in [6.45, 7) is 0. The maximum Gasteiger partial charge on any atom is 0.249 e. The van der Waals surface area contributed by atoms with Gasteiger partial charge in [0.1, 0.15) is 11.5 Å². The highest BCUT2D eigenvalue weighted by molar-refractivity contribution is 7.90. The van der Waals surface area contributed by atoms with E-state index < -0.39 is 26.4 Å². The molecule has 8 heteroatoms. The van der Waals surface area contributed by atoms with Crippen LogP contribution in [-0.4, -0.2) is 29.6 Å². The van der Waals surface area contributed by atoms with Crippen LogP contribution in [0.25, 0.3) is 22.3 Å². The Morgan fingerprint density at radius 1 is 1.09 bits per heavy atom. The minimum Gasteiger partial charge on any atom is -0.306 e. The average molecular weight is 319 g/mol. The number of aromatic amines is 1. The lowest BCUT2D eigenvalue weighted by atomic mass is 10.1. The van der Waals surface area contributed by atoms with Crippen molar-refractivity contribution in [3.63, 3.8) is 0 Å². The summed E-state index contributed by atoms with van der Waals surface area (Å²) in [6, 6.07) is 8.53. The molecule has 0 saturated carbocycles. The van der Waals surface area contributed by atoms with Crippen LogP contribution < -0.4 is 5.56 Å². The van der Waals surface area contributed by atoms with Gasteiger partial charge in [0, 0.05) is 23.3 Å². The molecular formula is C14H10FN3O3S. The molecule has 2 aromatic heterocycles. The Kier molecular flexibility index (Phi) is 3.25. The summed E-state index contributed by atoms with van der Waals surface area (Å²) in [5.74, 6) is -0.548. The number of nitrogens with one attached hydrogen (secondary N) is 1. The summed E-state index contributed by atoms with van der Waals surface area (Å²) in [5, 5.41) is -0.114. The zero-order chi connectivity index (χ0) is 15.9. The number of pyridine rings is 1. The van der Waals surface area contributed by atoms with Gasteiger partial charge in [0.05, 0.1) is 5.69 Å². The number of rotatable bonds is 2. The van der Waals surface area contributed by atoms with Gasteiger partial charge in [-0.25, -0.2) is 22.8 Å². The number of sulfone groups is 1. The number of H-pyrrole nitrogens is 1. The van der Waals surface area contributed by atoms with Crippen LogP contribution in [0.15, 0.2) is 46.3 Å². The van der Waals surface area contributed by atoms with Crippen LogP contribution in [-0.2, 0) is 9.84 Å². The number of benzene rings is 1. The molecular weight excluding hydrogens is 309 g/mol. The number of fused-ring (bicyclic) bond motifs is 1. The third-order valence-electron chi connectivity index (χ3n) is 3.03. The van der Waals surface area contributed by atoms with E-state index in [-0.39, 0.29) is 16.9 Å². The van der Waals surface area contributed by atoms with E-state index in [1.165, 1.54) is 30.3 Å². The van der Waals surface area contributed by atoms with Crippen molar-refractivity contribution >= 4 is 20.9 Å². The van der Waals surface area contributed by atoms with Crippen LogP contribution >= 0.6 is 0 Å². The second-order valence-corrected chi connectivity index (χ2v) is 6.60. The van der Waals surface area contributed by atoms with E-state index in [1.807, 2.05) is 0 Å². The first-order valence-electron chi connectivity index (χ1n) is 6.22. The molecule has 2 heterocycles. The normalized spacial score (nSPS) is 11.7. The summed E-state index contributed by atoms with van der Waals surface area (Å²) in [7, 11) is -3.72. The van der Waals surface area contributed by atoms with E-state index in [1.54, 1.807) is 6.07 Å². The summed E-state index contributed by atoms with van der Waals surface area (Å²) in [6.07, 6.45) is 0.945. The second-order valence-electron chi connectivity index (χ2n) is 4.69. The highest BCUT2D eigenvalue weighted by Gasteiger charge is 2.18. The summed E-state index contributed by atoms with van der Waals surface area (Å²) in [4.78, 5) is 21.7. The molecule has 0 aliphatic heterocycles. The Hall–Kier alpha value is -2.61. The van der Waals surface area contributed by atoms with Crippen LogP contribution in [0.2, 0.25) is 0 Å². The van der Waals surface area contributed by atoms with Gasteiger partial charge in [0.2, 0.25) is 20.6 Å². The van der Waals surface area contributed by atoms with Crippen molar-refractivity contribution in [1.29, 1.82) is 0 Å². The molecule has 0 amide bonds. The van der Waals surface area contributed by atoms with Crippen LogP contribution in [0.3, 0.4) is 0 Å². The fourth-order valence-corrected chi connectivity index (χ4v) is 2.56. The molecule has 22 heavy (non-hydrogen) atoms. The number of hydrogen-bond acceptors (Lipinski definition) is 5. The van der Waals surface area contributed by atoms with Crippen LogP contribution in [0.5, 0.6) is 0 Å². The Morgan fingerprint density at radius 3 is 2.50 bits per heavy atom. The molecule has 0 spiro atoms. The van der Waals surface area contributed by atoms with E-state index in [4.69, 9.17) is 0 Å². The summed E-state index contributed by atoms with van der Waals surface area (Å²) >= 11 is 0. The molecule has 0 fully saturated rings. The van der Waals surface area contributed by atoms with Crippen molar-refractivity contribution in [3.05, 3.63) is 52.6 Å². The monoisotopic (exact) mass is 319 g/mol. The third-order valence-corrected chi connectivity index (χ3v) is 3.87. The minimum absolute atomic E-state index is 0.0428. The highest BCUT2D eigenvalue weighted by atomic mass is 32.2. The van der Waals surface area contributed by atoms with Crippen molar-refractivity contribution in [1.82, 2.24) is 15.0 Å². The zero-order valence-corrected chi connectivity index (χ0v) is 12.2. The van der Waals surface area contributed by atoms with Crippen molar-refractivity contribution in [2.75, 3.05) is 6.26 Å². The van der Waals surface area contributed by atoms with Gasteiger partial charge >= 0.3 is 0 Å². The molecule has 112 valence electrons. The fourth-order valence-electron chi connectivity index (χ4n) is 2.04. The molecule has 3 rings (SSSR count). The smallest absolute Gasteiger partial charge is 0.249 e. The van der Waals surface area contributed by atoms with Gasteiger partial charge in [-0.2, -0.15) is 0 Å². The van der Waals surface area contributed by atoms with Gasteiger partial charge in [0.15, 0.2) is 0 Å². The lowest BCUT2D eigenvalue weighted by Crippen LogP contribution is -2.10. The topological polar surface area (TPSA) is 92.8 Å². The molecule has 1 N–H and O–H groups in total. The first kappa shape index (κ1) is 14.3. The van der Waals surface area contributed by atoms with Crippen molar-refractivity contribution in [2.24, 2.45) is 0 Å². The van der Waals surface area contributed by atoms with Gasteiger partial charge in [-0.1, -0.05) is 12.1 Å². The summed E-state index contributed by atoms with van der Waals surface area (Å²) in [5.41, 5.74) is -0.155. The van der Waals surface area contributed by atoms with Crippen molar-refractivity contribution in [2.45, 2.75) is 5.16 Å². The van der Waals surface area contributed by atoms with Gasteiger partial charge in [-0.05, 0) is 18.2 Å². The van der Waals surface area contributed by atoms with E-state index >= 15 is 0 Å². The largest absolute Gasteiger partial charge is 0.306 e. The molecule has 0 aliphatic rings. The SMILES string of the molecule is CS(=O)(=O)c1nc(-c2ccccc2F)c2ccc(=O)[nH]c2n1. The molecule has 1 aromatic carbocycles. The van der Waals surface area contributed by atoms with Crippen LogP contribution in [0.4, 0.5) is 4.39 Å². The Labute approximate surface area is 124 Å². The van der Waals surface area contributed by atoms with Gasteiger partial charge in [-0.15, -0.1) is 0 Å². The van der Waals surface area contributed by atoms with Crippen LogP contribution in [0, 0.1) is 5.82 Å². The van der Waals surface area contributed by atoms with Gasteiger partial charge < -0.3 is 4.98 Å². The number of hydrogen-bond donors (Lipinski definition) is 1. The third kappa shape index (κ3) is 2.48. The minimum atomic E-state index is -3.72. The van der Waals surface area contributed by atoms with Gasteiger partial charge in [0.25, 0.3) is 0 Å². The van der Waals surface area contributed by atoms with Gasteiger partial charge in [-0.3, -0.25) is 4.79 Å². The first-order valence-corrected chi connectivity index (χ1v) is 8.11. The van der Waals surface area contributed by atoms with E-state index in [0.717, 1.165) is 6.26 Å². The predicted molar refractivity (Wildman–Crippen MR) is 78.7 cm³/mol. The summed E-state index contributed by atoms with van der Waals surface area (Å²) < 4.78 is 37.5. The van der Waals surface area contributed by atoms with Crippen molar-refractivity contribution in [3.8, 4) is 11.3 Å². The van der Waals surface area contributed by atoms with E-state index in [0.29, 0.717) is 5.39 Å². The number of nitrogens with zero attached hydrogens (tertiary/aromatic N) is 2. The van der Waals surface area contributed by atoms with E-state index in [9.17, 15) is 17.6 Å². The molecule has 6 nitrogen and oxygen atoms in total. The standard InChI is InChI=1S/C14H10FN3O3S/c1-22(20,21)14-17-12(8-4-2-3-5-10(8)15)9-6-7-11(19)16-13(9)18-14/h2-7H,1H3,(H,16,17,18,19).